The summed E-state index contributed by atoms with van der Waals surface area (Å²) in [7, 11) is -5.72. The van der Waals surface area contributed by atoms with E-state index in [-0.39, 0.29) is 12.8 Å². The van der Waals surface area contributed by atoms with Crippen molar-refractivity contribution < 1.29 is 117 Å². The van der Waals surface area contributed by atoms with Crippen LogP contribution in [0.5, 0.6) is 0 Å². The highest BCUT2D eigenvalue weighted by Crippen LogP contribution is 2.49. The molecular formula is C73H133O24P. The van der Waals surface area contributed by atoms with E-state index in [9.17, 15) is 74.9 Å². The third-order valence-electron chi connectivity index (χ3n) is 18.8. The molecule has 18 atom stereocenters. The van der Waals surface area contributed by atoms with Gasteiger partial charge in [0, 0.05) is 18.9 Å². The second kappa shape index (κ2) is 55.0. The summed E-state index contributed by atoms with van der Waals surface area (Å²) in [5.41, 5.74) is 0. The molecule has 1 saturated carbocycles. The second-order valence-corrected chi connectivity index (χ2v) is 28.9. The van der Waals surface area contributed by atoms with Gasteiger partial charge in [0.15, 0.2) is 18.7 Å². The van der Waals surface area contributed by atoms with E-state index in [1.165, 1.54) is 160 Å². The van der Waals surface area contributed by atoms with Crippen LogP contribution in [0.4, 0.5) is 0 Å². The summed E-state index contributed by atoms with van der Waals surface area (Å²) in [5.74, 6) is -2.24. The summed E-state index contributed by atoms with van der Waals surface area (Å²) >= 11 is 0. The molecule has 0 aromatic heterocycles. The number of aliphatic hydroxyl groups excluding tert-OH is 10. The highest BCUT2D eigenvalue weighted by Gasteiger charge is 2.58. The molecule has 2 saturated heterocycles. The maximum Gasteiger partial charge on any atom is 0.472 e. The third kappa shape index (κ3) is 37.7. The monoisotopic (exact) mass is 1420 g/mol. The molecule has 574 valence electrons. The molecule has 2 heterocycles. The number of phosphoric acid groups is 1. The Morgan fingerprint density at radius 2 is 0.776 bits per heavy atom. The molecular weight excluding hydrogens is 1290 g/mol. The Kier molecular flexibility index (Phi) is 50.3. The van der Waals surface area contributed by atoms with E-state index >= 15 is 0 Å². The summed E-state index contributed by atoms with van der Waals surface area (Å²) in [6.07, 6.45) is 16.0. The molecule has 0 radical (unpaired) electrons. The second-order valence-electron chi connectivity index (χ2n) is 27.4. The summed E-state index contributed by atoms with van der Waals surface area (Å²) in [4.78, 5) is 50.8. The summed E-state index contributed by atoms with van der Waals surface area (Å²) in [6, 6.07) is 0. The van der Waals surface area contributed by atoms with Gasteiger partial charge in [0.05, 0.1) is 13.2 Å². The SMILES string of the molecule is CCCCCCCCCCCCC/C=C/C=C/C(=O)OC(COC(=O)CCCCCCCCCCCCC)COP(=O)(O)OC1C(OC2OC(CO)C(O)C(O)C2O)C(O)C(O)C(O)C1OC1OC(COC(=O)CCCCCCCCCCCCCCCCCCC)C(O)C(O)C1O. The first-order valence-corrected chi connectivity index (χ1v) is 39.7. The van der Waals surface area contributed by atoms with Gasteiger partial charge in [0.25, 0.3) is 0 Å². The van der Waals surface area contributed by atoms with Gasteiger partial charge >= 0.3 is 25.7 Å². The lowest BCUT2D eigenvalue weighted by molar-refractivity contribution is -0.360. The normalized spacial score (nSPS) is 27.7. The smallest absolute Gasteiger partial charge is 0.463 e. The van der Waals surface area contributed by atoms with Crippen LogP contribution >= 0.6 is 7.82 Å². The van der Waals surface area contributed by atoms with Gasteiger partial charge in [0.2, 0.25) is 0 Å². The Morgan fingerprint density at radius 3 is 1.18 bits per heavy atom. The van der Waals surface area contributed by atoms with E-state index in [0.717, 1.165) is 96.0 Å². The molecule has 24 nitrogen and oxygen atoms in total. The number of aliphatic hydroxyl groups is 10. The standard InChI is InChI=1S/C73H133O24P/c1-4-7-10-13-16-19-22-24-26-27-29-30-33-36-39-42-45-48-58(76)90-53-56-61(79)63(81)68(86)73(94-56)96-70-66(84)64(82)65(83)69(95-72-67(85)62(80)60(78)55(50-74)93-72)71(70)97-98(87,88)91-52-54(51-89-57(75)47-44-41-38-35-32-21-18-15-12-9-6-3)92-59(77)49-46-43-40-37-34-31-28-25-23-20-17-14-11-8-5-2/h40,43,46,49,54-56,60-74,78-86H,4-39,41-42,44-45,47-48,50-53H2,1-3H3,(H,87,88)/b43-40+,49-46+. The predicted octanol–water partition coefficient (Wildman–Crippen LogP) is 10.5. The van der Waals surface area contributed by atoms with Gasteiger partial charge in [-0.2, -0.15) is 0 Å². The van der Waals surface area contributed by atoms with Crippen molar-refractivity contribution in [2.45, 2.75) is 395 Å². The molecule has 3 aliphatic rings. The molecule has 0 bridgehead atoms. The van der Waals surface area contributed by atoms with Crippen molar-refractivity contribution in [2.75, 3.05) is 26.4 Å². The van der Waals surface area contributed by atoms with Gasteiger partial charge in [-0.15, -0.1) is 0 Å². The molecule has 3 fully saturated rings. The minimum atomic E-state index is -5.72. The van der Waals surface area contributed by atoms with Gasteiger partial charge < -0.3 is 89.1 Å². The van der Waals surface area contributed by atoms with E-state index < -0.39 is 156 Å². The fraction of sp³-hybridized carbons (Fsp3) is 0.904. The maximum absolute atomic E-state index is 14.3. The van der Waals surface area contributed by atoms with Crippen molar-refractivity contribution in [1.82, 2.24) is 0 Å². The van der Waals surface area contributed by atoms with Crippen LogP contribution in [0.1, 0.15) is 290 Å². The number of hydrogen-bond donors (Lipinski definition) is 11. The number of hydrogen-bond acceptors (Lipinski definition) is 23. The van der Waals surface area contributed by atoms with Gasteiger partial charge in [-0.25, -0.2) is 9.36 Å². The number of esters is 3. The molecule has 25 heteroatoms. The van der Waals surface area contributed by atoms with E-state index in [1.54, 1.807) is 6.08 Å². The minimum Gasteiger partial charge on any atom is -0.463 e. The molecule has 0 aromatic carbocycles. The first-order chi connectivity index (χ1) is 47.3. The van der Waals surface area contributed by atoms with E-state index in [2.05, 4.69) is 20.8 Å². The zero-order valence-electron chi connectivity index (χ0n) is 59.8. The molecule has 2 aliphatic heterocycles. The molecule has 18 unspecified atom stereocenters. The van der Waals surface area contributed by atoms with Crippen LogP contribution in [-0.2, 0) is 61.2 Å². The Bertz CT molecular complexity index is 2120. The number of phosphoric ester groups is 1. The minimum absolute atomic E-state index is 0.0281. The Balaban J connectivity index is 1.73. The molecule has 0 aromatic rings. The Morgan fingerprint density at radius 1 is 0.418 bits per heavy atom. The highest BCUT2D eigenvalue weighted by molar-refractivity contribution is 7.47. The number of unbranched alkanes of at least 4 members (excludes halogenated alkanes) is 37. The molecule has 3 rings (SSSR count). The number of carbonyl (C=O) groups is 3. The van der Waals surface area contributed by atoms with Crippen LogP contribution in [0.15, 0.2) is 24.3 Å². The number of ether oxygens (including phenoxy) is 7. The van der Waals surface area contributed by atoms with Crippen molar-refractivity contribution in [3.8, 4) is 0 Å². The largest absolute Gasteiger partial charge is 0.472 e. The van der Waals surface area contributed by atoms with Crippen LogP contribution in [0, 0.1) is 0 Å². The third-order valence-corrected chi connectivity index (χ3v) is 19.8. The van der Waals surface area contributed by atoms with Gasteiger partial charge in [-0.3, -0.25) is 18.6 Å². The van der Waals surface area contributed by atoms with Crippen molar-refractivity contribution in [3.05, 3.63) is 24.3 Å². The van der Waals surface area contributed by atoms with Crippen LogP contribution in [0.2, 0.25) is 0 Å². The van der Waals surface area contributed by atoms with Crippen LogP contribution in [0.3, 0.4) is 0 Å². The van der Waals surface area contributed by atoms with Crippen LogP contribution < -0.4 is 0 Å². The number of carbonyl (C=O) groups excluding carboxylic acids is 3. The zero-order chi connectivity index (χ0) is 71.8. The lowest BCUT2D eigenvalue weighted by Crippen LogP contribution is -2.69. The maximum atomic E-state index is 14.3. The predicted molar refractivity (Wildman–Crippen MR) is 370 cm³/mol. The fourth-order valence-electron chi connectivity index (χ4n) is 12.6. The molecule has 11 N–H and O–H groups in total. The Labute approximate surface area is 585 Å². The summed E-state index contributed by atoms with van der Waals surface area (Å²) in [6.45, 7) is 3.34. The van der Waals surface area contributed by atoms with E-state index in [1.807, 2.05) is 6.08 Å². The topological polar surface area (TPSA) is 374 Å². The lowest BCUT2D eigenvalue weighted by atomic mass is 9.84. The van der Waals surface area contributed by atoms with E-state index in [4.69, 9.17) is 42.2 Å². The first kappa shape index (κ1) is 89.7. The average Bonchev–Trinajstić information content (AvgIpc) is 0.762. The molecule has 1 aliphatic carbocycles. The molecule has 0 amide bonds. The lowest BCUT2D eigenvalue weighted by Gasteiger charge is -2.49. The van der Waals surface area contributed by atoms with Crippen LogP contribution in [0.25, 0.3) is 0 Å². The van der Waals surface area contributed by atoms with Crippen molar-refractivity contribution in [1.29, 1.82) is 0 Å². The van der Waals surface area contributed by atoms with Crippen LogP contribution in [-0.4, -0.2) is 204 Å². The van der Waals surface area contributed by atoms with Gasteiger partial charge in [-0.05, 0) is 25.7 Å². The summed E-state index contributed by atoms with van der Waals surface area (Å²) < 4.78 is 64.8. The number of allylic oxidation sites excluding steroid dienone is 3. The van der Waals surface area contributed by atoms with Crippen molar-refractivity contribution in [3.63, 3.8) is 0 Å². The highest BCUT2D eigenvalue weighted by atomic mass is 31.2. The molecule has 0 spiro atoms. The Hall–Kier alpha value is -2.56. The number of rotatable bonds is 59. The van der Waals surface area contributed by atoms with E-state index in [0.29, 0.717) is 12.8 Å². The van der Waals surface area contributed by atoms with Gasteiger partial charge in [0.1, 0.15) is 98.7 Å². The summed E-state index contributed by atoms with van der Waals surface area (Å²) in [5, 5.41) is 110. The molecule has 98 heavy (non-hydrogen) atoms. The quantitative estimate of drug-likeness (QED) is 0.00673. The van der Waals surface area contributed by atoms with Crippen molar-refractivity contribution >= 4 is 25.7 Å². The average molecular weight is 1430 g/mol. The van der Waals surface area contributed by atoms with Gasteiger partial charge in [-0.1, -0.05) is 270 Å². The first-order valence-electron chi connectivity index (χ1n) is 38.2. The van der Waals surface area contributed by atoms with Crippen molar-refractivity contribution in [2.24, 2.45) is 0 Å². The zero-order valence-corrected chi connectivity index (χ0v) is 60.7. The fourth-order valence-corrected chi connectivity index (χ4v) is 13.6.